The van der Waals surface area contributed by atoms with Gasteiger partial charge in [-0.25, -0.2) is 4.98 Å². The van der Waals surface area contributed by atoms with E-state index in [2.05, 4.69) is 15.1 Å². The summed E-state index contributed by atoms with van der Waals surface area (Å²) in [5, 5.41) is 4.75. The Morgan fingerprint density at radius 1 is 1.40 bits per heavy atom. The van der Waals surface area contributed by atoms with E-state index in [1.54, 1.807) is 16.0 Å². The number of hydrogen-bond acceptors (Lipinski definition) is 6. The number of hydrogen-bond donors (Lipinski definition) is 1. The number of thiophene rings is 1. The molecule has 1 aliphatic heterocycles. The third kappa shape index (κ3) is 4.05. The normalized spacial score (nSPS) is 18.1. The van der Waals surface area contributed by atoms with E-state index in [9.17, 15) is 9.59 Å². The van der Waals surface area contributed by atoms with Crippen molar-refractivity contribution in [1.82, 2.24) is 24.6 Å². The molecule has 3 aromatic rings. The molecule has 1 saturated heterocycles. The first kappa shape index (κ1) is 21.1. The van der Waals surface area contributed by atoms with Crippen molar-refractivity contribution in [3.05, 3.63) is 44.6 Å². The van der Waals surface area contributed by atoms with Gasteiger partial charge in [-0.15, -0.1) is 23.1 Å². The fourth-order valence-corrected chi connectivity index (χ4v) is 5.90. The zero-order valence-electron chi connectivity index (χ0n) is 17.8. The van der Waals surface area contributed by atoms with Crippen molar-refractivity contribution in [2.45, 2.75) is 57.1 Å². The number of H-pyrrole nitrogens is 1. The molecule has 9 heteroatoms. The second-order valence-corrected chi connectivity index (χ2v) is 10.5. The molecule has 0 spiro atoms. The molecule has 1 amide bonds. The third-order valence-electron chi connectivity index (χ3n) is 5.80. The zero-order chi connectivity index (χ0) is 21.4. The Morgan fingerprint density at radius 3 is 2.93 bits per heavy atom. The molecule has 0 saturated carbocycles. The SMILES string of the molecule is Cc1sc2nc(CSC(C)C(=O)N3CCCCC3c3cnn(C)c3)[nH]c(=O)c2c1C. The van der Waals surface area contributed by atoms with Gasteiger partial charge in [-0.2, -0.15) is 5.10 Å². The van der Waals surface area contributed by atoms with Crippen LogP contribution in [0.3, 0.4) is 0 Å². The predicted octanol–water partition coefficient (Wildman–Crippen LogP) is 3.71. The van der Waals surface area contributed by atoms with Crippen molar-refractivity contribution in [1.29, 1.82) is 0 Å². The Labute approximate surface area is 183 Å². The monoisotopic (exact) mass is 445 g/mol. The molecule has 1 fully saturated rings. The maximum absolute atomic E-state index is 13.2. The molecule has 2 atom stereocenters. The Balaban J connectivity index is 1.46. The molecule has 3 aromatic heterocycles. The minimum Gasteiger partial charge on any atom is -0.335 e. The van der Waals surface area contributed by atoms with Crippen molar-refractivity contribution < 1.29 is 4.79 Å². The lowest BCUT2D eigenvalue weighted by molar-refractivity contribution is -0.134. The largest absolute Gasteiger partial charge is 0.335 e. The van der Waals surface area contributed by atoms with Gasteiger partial charge in [0, 0.05) is 30.2 Å². The van der Waals surface area contributed by atoms with Crippen LogP contribution in [0.15, 0.2) is 17.2 Å². The summed E-state index contributed by atoms with van der Waals surface area (Å²) in [6.45, 7) is 6.68. The van der Waals surface area contributed by atoms with E-state index in [0.717, 1.165) is 46.6 Å². The number of aryl methyl sites for hydroxylation is 3. The van der Waals surface area contributed by atoms with Gasteiger partial charge < -0.3 is 9.88 Å². The van der Waals surface area contributed by atoms with Crippen molar-refractivity contribution in [3.8, 4) is 0 Å². The standard InChI is InChI=1S/C21H27N5O2S2/c1-12-13(2)30-20-18(12)19(27)23-17(24-20)11-29-14(3)21(28)26-8-6-5-7-16(26)15-9-22-25(4)10-15/h9-10,14,16H,5-8,11H2,1-4H3,(H,23,24,27). The molecule has 0 aliphatic carbocycles. The van der Waals surface area contributed by atoms with Crippen molar-refractivity contribution in [2.24, 2.45) is 7.05 Å². The summed E-state index contributed by atoms with van der Waals surface area (Å²) in [7, 11) is 1.90. The number of thioether (sulfide) groups is 1. The summed E-state index contributed by atoms with van der Waals surface area (Å²) >= 11 is 3.07. The summed E-state index contributed by atoms with van der Waals surface area (Å²) in [5.74, 6) is 1.26. The van der Waals surface area contributed by atoms with Crippen LogP contribution in [-0.4, -0.2) is 42.4 Å². The number of likely N-dealkylation sites (tertiary alicyclic amines) is 1. The third-order valence-corrected chi connectivity index (χ3v) is 8.04. The Bertz CT molecular complexity index is 1130. The second-order valence-electron chi connectivity index (χ2n) is 7.92. The number of carbonyl (C=O) groups excluding carboxylic acids is 1. The Hall–Kier alpha value is -2.13. The number of nitrogens with one attached hydrogen (secondary N) is 1. The summed E-state index contributed by atoms with van der Waals surface area (Å²) in [5.41, 5.74) is 2.00. The van der Waals surface area contributed by atoms with Gasteiger partial charge in [0.25, 0.3) is 5.56 Å². The van der Waals surface area contributed by atoms with Crippen LogP contribution in [-0.2, 0) is 17.6 Å². The molecule has 1 N–H and O–H groups in total. The van der Waals surface area contributed by atoms with E-state index in [-0.39, 0.29) is 22.8 Å². The molecule has 7 nitrogen and oxygen atoms in total. The maximum Gasteiger partial charge on any atom is 0.259 e. The van der Waals surface area contributed by atoms with Gasteiger partial charge in [0.05, 0.1) is 28.6 Å². The molecular formula is C21H27N5O2S2. The molecular weight excluding hydrogens is 418 g/mol. The fraction of sp³-hybridized carbons (Fsp3) is 0.524. The summed E-state index contributed by atoms with van der Waals surface area (Å²) in [6, 6.07) is 0.0920. The topological polar surface area (TPSA) is 83.9 Å². The number of piperidine rings is 1. The fourth-order valence-electron chi connectivity index (χ4n) is 4.03. The average Bonchev–Trinajstić information content (AvgIpc) is 3.28. The molecule has 0 bridgehead atoms. The molecule has 4 heterocycles. The maximum atomic E-state index is 13.2. The van der Waals surface area contributed by atoms with Crippen LogP contribution in [0.1, 0.15) is 54.1 Å². The lowest BCUT2D eigenvalue weighted by Gasteiger charge is -2.36. The van der Waals surface area contributed by atoms with Crippen LogP contribution >= 0.6 is 23.1 Å². The number of nitrogens with zero attached hydrogens (tertiary/aromatic N) is 4. The van der Waals surface area contributed by atoms with Gasteiger partial charge in [0.2, 0.25) is 5.91 Å². The van der Waals surface area contributed by atoms with E-state index in [1.807, 2.05) is 45.1 Å². The van der Waals surface area contributed by atoms with Crippen LogP contribution < -0.4 is 5.56 Å². The first-order chi connectivity index (χ1) is 14.3. The zero-order valence-corrected chi connectivity index (χ0v) is 19.4. The van der Waals surface area contributed by atoms with Gasteiger partial charge in [0.1, 0.15) is 10.7 Å². The highest BCUT2D eigenvalue weighted by atomic mass is 32.2. The first-order valence-electron chi connectivity index (χ1n) is 10.2. The van der Waals surface area contributed by atoms with Gasteiger partial charge in [-0.3, -0.25) is 14.3 Å². The molecule has 1 aliphatic rings. The second kappa shape index (κ2) is 8.55. The van der Waals surface area contributed by atoms with Gasteiger partial charge in [-0.05, 0) is 45.6 Å². The highest BCUT2D eigenvalue weighted by Crippen LogP contribution is 2.33. The minimum atomic E-state index is -0.213. The number of aromatic nitrogens is 4. The average molecular weight is 446 g/mol. The summed E-state index contributed by atoms with van der Waals surface area (Å²) < 4.78 is 1.79. The number of aromatic amines is 1. The Kier molecular flexibility index (Phi) is 6.02. The summed E-state index contributed by atoms with van der Waals surface area (Å²) in [4.78, 5) is 37.1. The van der Waals surface area contributed by atoms with E-state index >= 15 is 0 Å². The van der Waals surface area contributed by atoms with E-state index in [0.29, 0.717) is 17.0 Å². The van der Waals surface area contributed by atoms with E-state index in [4.69, 9.17) is 0 Å². The van der Waals surface area contributed by atoms with Crippen LogP contribution in [0.2, 0.25) is 0 Å². The summed E-state index contributed by atoms with van der Waals surface area (Å²) in [6.07, 6.45) is 6.99. The van der Waals surface area contributed by atoms with Gasteiger partial charge in [0.15, 0.2) is 0 Å². The number of carbonyl (C=O) groups is 1. The van der Waals surface area contributed by atoms with Crippen molar-refractivity contribution in [3.63, 3.8) is 0 Å². The van der Waals surface area contributed by atoms with Crippen LogP contribution in [0.4, 0.5) is 0 Å². The molecule has 30 heavy (non-hydrogen) atoms. The highest BCUT2D eigenvalue weighted by Gasteiger charge is 2.31. The molecule has 160 valence electrons. The minimum absolute atomic E-state index is 0.0920. The molecule has 2 unspecified atom stereocenters. The molecule has 4 rings (SSSR count). The molecule has 0 aromatic carbocycles. The molecule has 0 radical (unpaired) electrons. The van der Waals surface area contributed by atoms with Crippen LogP contribution in [0, 0.1) is 13.8 Å². The van der Waals surface area contributed by atoms with Gasteiger partial charge in [-0.1, -0.05) is 0 Å². The first-order valence-corrected chi connectivity index (χ1v) is 12.1. The quantitative estimate of drug-likeness (QED) is 0.647. The van der Waals surface area contributed by atoms with E-state index < -0.39 is 0 Å². The van der Waals surface area contributed by atoms with Crippen LogP contribution in [0.25, 0.3) is 10.2 Å². The predicted molar refractivity (Wildman–Crippen MR) is 122 cm³/mol. The van der Waals surface area contributed by atoms with Gasteiger partial charge >= 0.3 is 0 Å². The van der Waals surface area contributed by atoms with E-state index in [1.165, 1.54) is 11.8 Å². The smallest absolute Gasteiger partial charge is 0.259 e. The lowest BCUT2D eigenvalue weighted by atomic mass is 9.97. The Morgan fingerprint density at radius 2 is 2.20 bits per heavy atom. The number of rotatable bonds is 5. The number of fused-ring (bicyclic) bond motifs is 1. The lowest BCUT2D eigenvalue weighted by Crippen LogP contribution is -2.42. The van der Waals surface area contributed by atoms with Crippen molar-refractivity contribution in [2.75, 3.05) is 6.54 Å². The van der Waals surface area contributed by atoms with Crippen LogP contribution in [0.5, 0.6) is 0 Å². The van der Waals surface area contributed by atoms with Crippen molar-refractivity contribution >= 4 is 39.2 Å². The number of amides is 1. The highest BCUT2D eigenvalue weighted by molar-refractivity contribution is 7.99.